The zero-order chi connectivity index (χ0) is 16.4. The molecule has 2 aromatic heterocycles. The summed E-state index contributed by atoms with van der Waals surface area (Å²) in [6.45, 7) is 5.89. The highest BCUT2D eigenvalue weighted by molar-refractivity contribution is 7.10. The second-order valence-corrected chi connectivity index (χ2v) is 6.20. The maximum absolute atomic E-state index is 12.9. The molecule has 2 N–H and O–H groups in total. The molecule has 2 aromatic rings. The molecule has 7 nitrogen and oxygen atoms in total. The van der Waals surface area contributed by atoms with Crippen molar-refractivity contribution in [2.75, 3.05) is 30.8 Å². The molecule has 23 heavy (non-hydrogen) atoms. The van der Waals surface area contributed by atoms with Gasteiger partial charge in [-0.15, -0.1) is 5.10 Å². The summed E-state index contributed by atoms with van der Waals surface area (Å²) in [5.41, 5.74) is 3.48. The number of fused-ring (bicyclic) bond motifs is 1. The molecule has 1 aliphatic heterocycles. The molecule has 3 heterocycles. The number of hydrogen-bond acceptors (Lipinski definition) is 7. The Hall–Kier alpha value is -2.22. The van der Waals surface area contributed by atoms with Gasteiger partial charge in [0, 0.05) is 33.1 Å². The molecule has 0 saturated heterocycles. The minimum atomic E-state index is 0.0214. The first-order valence-corrected chi connectivity index (χ1v) is 8.44. The standard InChI is InChI=1S/C15H20N6OS/c1-4-17-12-7-10-8-21(6-5-11(10)18-19-12)15(22)13-9(2)20-23-14(13)16-3/h7,16H,4-6,8H2,1-3H3,(H,17,19). The van der Waals surface area contributed by atoms with E-state index < -0.39 is 0 Å². The number of hydrogen-bond donors (Lipinski definition) is 2. The van der Waals surface area contributed by atoms with Crippen LogP contribution < -0.4 is 10.6 Å². The molecule has 8 heteroatoms. The van der Waals surface area contributed by atoms with Crippen molar-refractivity contribution in [3.05, 3.63) is 28.6 Å². The van der Waals surface area contributed by atoms with Crippen molar-refractivity contribution in [2.24, 2.45) is 0 Å². The normalized spacial score (nSPS) is 13.6. The highest BCUT2D eigenvalue weighted by atomic mass is 32.1. The highest BCUT2D eigenvalue weighted by Gasteiger charge is 2.27. The summed E-state index contributed by atoms with van der Waals surface area (Å²) in [5, 5.41) is 15.5. The zero-order valence-electron chi connectivity index (χ0n) is 13.5. The molecule has 3 rings (SSSR count). The van der Waals surface area contributed by atoms with E-state index in [0.717, 1.165) is 40.7 Å². The molecule has 0 radical (unpaired) electrons. The summed E-state index contributed by atoms with van der Waals surface area (Å²) in [4.78, 5) is 14.7. The molecule has 122 valence electrons. The first-order chi connectivity index (χ1) is 11.1. The van der Waals surface area contributed by atoms with Crippen LogP contribution in [0.15, 0.2) is 6.07 Å². The fourth-order valence-electron chi connectivity index (χ4n) is 2.72. The molecule has 0 bridgehead atoms. The molecule has 1 aliphatic rings. The Bertz CT molecular complexity index is 729. The Labute approximate surface area is 139 Å². The quantitative estimate of drug-likeness (QED) is 0.890. The predicted molar refractivity (Wildman–Crippen MR) is 91.0 cm³/mol. The van der Waals surface area contributed by atoms with E-state index in [2.05, 4.69) is 25.2 Å². The van der Waals surface area contributed by atoms with Crippen molar-refractivity contribution in [3.63, 3.8) is 0 Å². The number of aryl methyl sites for hydroxylation is 1. The summed E-state index contributed by atoms with van der Waals surface area (Å²) in [6, 6.07) is 1.99. The number of nitrogens with zero attached hydrogens (tertiary/aromatic N) is 4. The van der Waals surface area contributed by atoms with Gasteiger partial charge in [0.15, 0.2) is 0 Å². The molecule has 0 spiro atoms. The largest absolute Gasteiger partial charge is 0.378 e. The molecule has 1 amide bonds. The van der Waals surface area contributed by atoms with Gasteiger partial charge in [0.2, 0.25) is 0 Å². The van der Waals surface area contributed by atoms with Gasteiger partial charge in [0.1, 0.15) is 10.8 Å². The number of carbonyl (C=O) groups is 1. The summed E-state index contributed by atoms with van der Waals surface area (Å²) in [6.07, 6.45) is 0.728. The predicted octanol–water partition coefficient (Wildman–Crippen LogP) is 1.91. The first kappa shape index (κ1) is 15.7. The van der Waals surface area contributed by atoms with E-state index in [4.69, 9.17) is 0 Å². The smallest absolute Gasteiger partial charge is 0.259 e. The van der Waals surface area contributed by atoms with E-state index in [-0.39, 0.29) is 5.91 Å². The third kappa shape index (κ3) is 2.98. The highest BCUT2D eigenvalue weighted by Crippen LogP contribution is 2.27. The van der Waals surface area contributed by atoms with Crippen LogP contribution in [0.5, 0.6) is 0 Å². The number of aromatic nitrogens is 3. The fourth-order valence-corrected chi connectivity index (χ4v) is 3.46. The van der Waals surface area contributed by atoms with Gasteiger partial charge in [-0.25, -0.2) is 0 Å². The number of amides is 1. The van der Waals surface area contributed by atoms with E-state index in [9.17, 15) is 4.79 Å². The lowest BCUT2D eigenvalue weighted by Gasteiger charge is -2.28. The number of carbonyl (C=O) groups excluding carboxylic acids is 1. The summed E-state index contributed by atoms with van der Waals surface area (Å²) < 4.78 is 4.29. The van der Waals surface area contributed by atoms with Crippen LogP contribution in [0.3, 0.4) is 0 Å². The van der Waals surface area contributed by atoms with Crippen LogP contribution in [0.25, 0.3) is 0 Å². The maximum Gasteiger partial charge on any atom is 0.259 e. The number of anilines is 2. The number of nitrogens with one attached hydrogen (secondary N) is 2. The van der Waals surface area contributed by atoms with E-state index in [1.54, 1.807) is 0 Å². The van der Waals surface area contributed by atoms with Crippen LogP contribution in [-0.4, -0.2) is 45.5 Å². The molecule has 0 unspecified atom stereocenters. The number of rotatable bonds is 4. The van der Waals surface area contributed by atoms with E-state index in [0.29, 0.717) is 18.7 Å². The van der Waals surface area contributed by atoms with Crippen LogP contribution in [0, 0.1) is 6.92 Å². The molecular weight excluding hydrogens is 312 g/mol. The molecule has 0 saturated carbocycles. The Morgan fingerprint density at radius 2 is 2.26 bits per heavy atom. The van der Waals surface area contributed by atoms with Crippen molar-refractivity contribution < 1.29 is 4.79 Å². The van der Waals surface area contributed by atoms with Gasteiger partial charge in [-0.3, -0.25) is 4.79 Å². The van der Waals surface area contributed by atoms with Crippen molar-refractivity contribution in [2.45, 2.75) is 26.8 Å². The SMILES string of the molecule is CCNc1cc2c(nn1)CCN(C(=O)c1c(C)nsc1NC)C2. The van der Waals surface area contributed by atoms with Gasteiger partial charge in [0.25, 0.3) is 5.91 Å². The van der Waals surface area contributed by atoms with Crippen molar-refractivity contribution in [3.8, 4) is 0 Å². The van der Waals surface area contributed by atoms with Crippen LogP contribution in [0.2, 0.25) is 0 Å². The lowest BCUT2D eigenvalue weighted by atomic mass is 10.1. The summed E-state index contributed by atoms with van der Waals surface area (Å²) in [7, 11) is 1.81. The van der Waals surface area contributed by atoms with Gasteiger partial charge in [-0.2, -0.15) is 9.47 Å². The molecular formula is C15H20N6OS. The Balaban J connectivity index is 1.84. The summed E-state index contributed by atoms with van der Waals surface area (Å²) in [5.74, 6) is 0.776. The Kier molecular flexibility index (Phi) is 4.42. The molecule has 0 aromatic carbocycles. The van der Waals surface area contributed by atoms with Crippen LogP contribution in [0.4, 0.5) is 10.8 Å². The molecule has 0 fully saturated rings. The van der Waals surface area contributed by atoms with E-state index in [1.807, 2.05) is 31.9 Å². The average Bonchev–Trinajstić information content (AvgIpc) is 2.94. The van der Waals surface area contributed by atoms with Crippen molar-refractivity contribution in [1.29, 1.82) is 0 Å². The van der Waals surface area contributed by atoms with Gasteiger partial charge in [0.05, 0.1) is 17.0 Å². The second kappa shape index (κ2) is 6.49. The maximum atomic E-state index is 12.9. The molecule has 0 aliphatic carbocycles. The summed E-state index contributed by atoms with van der Waals surface area (Å²) >= 11 is 1.32. The molecule has 0 atom stereocenters. The zero-order valence-corrected chi connectivity index (χ0v) is 14.3. The third-order valence-corrected chi connectivity index (χ3v) is 4.84. The monoisotopic (exact) mass is 332 g/mol. The topological polar surface area (TPSA) is 83.0 Å². The van der Waals surface area contributed by atoms with E-state index >= 15 is 0 Å². The fraction of sp³-hybridized carbons (Fsp3) is 0.467. The third-order valence-electron chi connectivity index (χ3n) is 3.89. The lowest BCUT2D eigenvalue weighted by molar-refractivity contribution is 0.0733. The van der Waals surface area contributed by atoms with Crippen LogP contribution in [-0.2, 0) is 13.0 Å². The van der Waals surface area contributed by atoms with Gasteiger partial charge in [-0.05, 0) is 37.0 Å². The van der Waals surface area contributed by atoms with Gasteiger partial charge in [-0.1, -0.05) is 0 Å². The minimum absolute atomic E-state index is 0.0214. The minimum Gasteiger partial charge on any atom is -0.378 e. The Morgan fingerprint density at radius 3 is 3.00 bits per heavy atom. The van der Waals surface area contributed by atoms with Crippen molar-refractivity contribution in [1.82, 2.24) is 19.5 Å². The van der Waals surface area contributed by atoms with Gasteiger partial charge >= 0.3 is 0 Å². The van der Waals surface area contributed by atoms with Crippen molar-refractivity contribution >= 4 is 28.3 Å². The second-order valence-electron chi connectivity index (χ2n) is 5.43. The Morgan fingerprint density at radius 1 is 1.43 bits per heavy atom. The van der Waals surface area contributed by atoms with Crippen LogP contribution in [0.1, 0.15) is 34.2 Å². The van der Waals surface area contributed by atoms with Crippen LogP contribution >= 0.6 is 11.5 Å². The lowest BCUT2D eigenvalue weighted by Crippen LogP contribution is -2.37. The van der Waals surface area contributed by atoms with E-state index in [1.165, 1.54) is 11.5 Å². The van der Waals surface area contributed by atoms with Gasteiger partial charge < -0.3 is 15.5 Å². The average molecular weight is 332 g/mol. The first-order valence-electron chi connectivity index (χ1n) is 7.66.